The molecular weight excluding hydrogens is 392 g/mol. The fraction of sp³-hybridized carbons (Fsp3) is 0.619. The molecule has 0 aliphatic carbocycles. The van der Waals surface area contributed by atoms with Crippen molar-refractivity contribution in [2.75, 3.05) is 6.61 Å². The number of hydrogen-bond acceptors (Lipinski definition) is 5. The van der Waals surface area contributed by atoms with Crippen LogP contribution in [0, 0.1) is 11.8 Å². The van der Waals surface area contributed by atoms with Crippen LogP contribution in [0.1, 0.15) is 53.0 Å². The Bertz CT molecular complexity index is 748. The highest BCUT2D eigenvalue weighted by Gasteiger charge is 2.30. The summed E-state index contributed by atoms with van der Waals surface area (Å²) >= 11 is 0. The van der Waals surface area contributed by atoms with Crippen LogP contribution in [0.2, 0.25) is 0 Å². The van der Waals surface area contributed by atoms with Gasteiger partial charge >= 0.3 is 5.97 Å². The number of esters is 1. The second-order valence-electron chi connectivity index (χ2n) is 7.99. The molecule has 0 spiro atoms. The lowest BCUT2D eigenvalue weighted by Gasteiger charge is -2.24. The summed E-state index contributed by atoms with van der Waals surface area (Å²) in [6.07, 6.45) is 0.729. The lowest BCUT2D eigenvalue weighted by atomic mass is 10.0. The highest BCUT2D eigenvalue weighted by Crippen LogP contribution is 2.12. The van der Waals surface area contributed by atoms with E-state index in [-0.39, 0.29) is 24.2 Å². The van der Waals surface area contributed by atoms with Gasteiger partial charge < -0.3 is 10.1 Å². The summed E-state index contributed by atoms with van der Waals surface area (Å²) in [4.78, 5) is 25.1. The summed E-state index contributed by atoms with van der Waals surface area (Å²) in [6, 6.07) is 7.00. The van der Waals surface area contributed by atoms with E-state index in [1.807, 2.05) is 33.8 Å². The predicted octanol–water partition coefficient (Wildman–Crippen LogP) is 2.61. The van der Waals surface area contributed by atoms with Crippen LogP contribution in [0.15, 0.2) is 30.3 Å². The Morgan fingerprint density at radius 2 is 1.52 bits per heavy atom. The monoisotopic (exact) mass is 426 g/mol. The molecule has 0 unspecified atom stereocenters. The average molecular weight is 427 g/mol. The van der Waals surface area contributed by atoms with Crippen LogP contribution in [0.25, 0.3) is 0 Å². The number of amides is 1. The van der Waals surface area contributed by atoms with E-state index in [9.17, 15) is 18.0 Å². The first-order chi connectivity index (χ1) is 13.5. The Labute approximate surface area is 174 Å². The number of carbonyl (C=O) groups is 2. The van der Waals surface area contributed by atoms with Crippen molar-refractivity contribution in [1.29, 1.82) is 0 Å². The van der Waals surface area contributed by atoms with Gasteiger partial charge in [0, 0.05) is 0 Å². The van der Waals surface area contributed by atoms with E-state index in [1.54, 1.807) is 31.2 Å². The van der Waals surface area contributed by atoms with Crippen molar-refractivity contribution in [1.82, 2.24) is 10.0 Å². The van der Waals surface area contributed by atoms with Crippen molar-refractivity contribution in [3.63, 3.8) is 0 Å². The fourth-order valence-electron chi connectivity index (χ4n) is 2.93. The van der Waals surface area contributed by atoms with Crippen molar-refractivity contribution >= 4 is 21.9 Å². The number of benzene rings is 1. The van der Waals surface area contributed by atoms with Gasteiger partial charge in [-0.25, -0.2) is 17.9 Å². The summed E-state index contributed by atoms with van der Waals surface area (Å²) in [6.45, 7) is 9.60. The van der Waals surface area contributed by atoms with E-state index >= 15 is 0 Å². The second-order valence-corrected chi connectivity index (χ2v) is 9.74. The average Bonchev–Trinajstić information content (AvgIpc) is 2.60. The first-order valence-corrected chi connectivity index (χ1v) is 11.7. The quantitative estimate of drug-likeness (QED) is 0.500. The molecule has 1 amide bonds. The molecule has 0 aliphatic heterocycles. The van der Waals surface area contributed by atoms with Crippen molar-refractivity contribution in [3.8, 4) is 0 Å². The molecular formula is C21H34N2O5S. The first kappa shape index (κ1) is 25.1. The molecule has 0 radical (unpaired) electrons. The molecule has 1 aromatic rings. The molecule has 1 rings (SSSR count). The summed E-state index contributed by atoms with van der Waals surface area (Å²) in [5.41, 5.74) is 0.632. The Balaban J connectivity index is 2.94. The summed E-state index contributed by atoms with van der Waals surface area (Å²) in [7, 11) is -3.74. The maximum atomic E-state index is 12.9. The number of hydrogen-bond donors (Lipinski definition) is 2. The summed E-state index contributed by atoms with van der Waals surface area (Å²) in [5.74, 6) is -1.01. The molecule has 1 aromatic carbocycles. The highest BCUT2D eigenvalue weighted by molar-refractivity contribution is 7.88. The molecule has 2 atom stereocenters. The third kappa shape index (κ3) is 9.89. The minimum atomic E-state index is -3.74. The second kappa shape index (κ2) is 11.9. The lowest BCUT2D eigenvalue weighted by Crippen LogP contribution is -2.52. The van der Waals surface area contributed by atoms with Gasteiger partial charge in [-0.2, -0.15) is 0 Å². The normalized spacial score (nSPS) is 13.9. The van der Waals surface area contributed by atoms with Crippen molar-refractivity contribution in [3.05, 3.63) is 35.9 Å². The summed E-state index contributed by atoms with van der Waals surface area (Å²) < 4.78 is 32.8. The van der Waals surface area contributed by atoms with E-state index in [0.29, 0.717) is 18.4 Å². The van der Waals surface area contributed by atoms with Gasteiger partial charge in [-0.3, -0.25) is 4.79 Å². The van der Waals surface area contributed by atoms with Crippen LogP contribution < -0.4 is 10.0 Å². The number of sulfonamides is 1. The number of ether oxygens (including phenoxy) is 1. The minimum absolute atomic E-state index is 0.0799. The van der Waals surface area contributed by atoms with Gasteiger partial charge in [0.15, 0.2) is 0 Å². The van der Waals surface area contributed by atoms with Gasteiger partial charge in [-0.1, -0.05) is 58.0 Å². The van der Waals surface area contributed by atoms with Gasteiger partial charge in [0.1, 0.15) is 12.1 Å². The molecule has 0 heterocycles. The van der Waals surface area contributed by atoms with Crippen LogP contribution in [-0.4, -0.2) is 39.0 Å². The SMILES string of the molecule is CCOC(=O)[C@@H](CC(C)C)NC(=O)[C@@H](CC(C)C)NS(=O)(=O)Cc1ccccc1. The third-order valence-corrected chi connectivity index (χ3v) is 5.50. The van der Waals surface area contributed by atoms with E-state index in [1.165, 1.54) is 0 Å². The number of carbonyl (C=O) groups excluding carboxylic acids is 2. The van der Waals surface area contributed by atoms with Crippen molar-refractivity contribution in [2.45, 2.75) is 65.3 Å². The number of rotatable bonds is 12. The first-order valence-electron chi connectivity index (χ1n) is 10.0. The Morgan fingerprint density at radius 1 is 0.966 bits per heavy atom. The Kier molecular flexibility index (Phi) is 10.3. The van der Waals surface area contributed by atoms with Gasteiger partial charge in [-0.05, 0) is 37.2 Å². The molecule has 0 bridgehead atoms. The largest absolute Gasteiger partial charge is 0.464 e. The molecule has 0 saturated carbocycles. The molecule has 2 N–H and O–H groups in total. The Hall–Kier alpha value is -1.93. The van der Waals surface area contributed by atoms with Crippen LogP contribution in [-0.2, 0) is 30.1 Å². The minimum Gasteiger partial charge on any atom is -0.464 e. The molecule has 8 heteroatoms. The van der Waals surface area contributed by atoms with E-state index < -0.39 is 34.0 Å². The van der Waals surface area contributed by atoms with Gasteiger partial charge in [-0.15, -0.1) is 0 Å². The Morgan fingerprint density at radius 3 is 2.03 bits per heavy atom. The molecule has 164 valence electrons. The molecule has 0 fully saturated rings. The molecule has 0 saturated heterocycles. The maximum absolute atomic E-state index is 12.9. The van der Waals surface area contributed by atoms with E-state index in [0.717, 1.165) is 0 Å². The van der Waals surface area contributed by atoms with Gasteiger partial charge in [0.25, 0.3) is 0 Å². The van der Waals surface area contributed by atoms with Gasteiger partial charge in [0.05, 0.1) is 12.4 Å². The maximum Gasteiger partial charge on any atom is 0.328 e. The highest BCUT2D eigenvalue weighted by atomic mass is 32.2. The van der Waals surface area contributed by atoms with Crippen molar-refractivity contribution < 1.29 is 22.7 Å². The van der Waals surface area contributed by atoms with Crippen LogP contribution in [0.4, 0.5) is 0 Å². The lowest BCUT2D eigenvalue weighted by molar-refractivity contribution is -0.148. The number of nitrogens with one attached hydrogen (secondary N) is 2. The van der Waals surface area contributed by atoms with E-state index in [4.69, 9.17) is 4.74 Å². The predicted molar refractivity (Wildman–Crippen MR) is 113 cm³/mol. The zero-order valence-corrected chi connectivity index (χ0v) is 18.8. The standard InChI is InChI=1S/C21H34N2O5S/c1-6-28-21(25)19(13-16(4)5)22-20(24)18(12-15(2)3)23-29(26,27)14-17-10-8-7-9-11-17/h7-11,15-16,18-19,23H,6,12-14H2,1-5H3,(H,22,24)/t18-,19-/m1/s1. The fourth-order valence-corrected chi connectivity index (χ4v) is 4.28. The molecule has 29 heavy (non-hydrogen) atoms. The van der Waals surface area contributed by atoms with Crippen LogP contribution >= 0.6 is 0 Å². The molecule has 0 aliphatic rings. The smallest absolute Gasteiger partial charge is 0.328 e. The van der Waals surface area contributed by atoms with Crippen molar-refractivity contribution in [2.24, 2.45) is 11.8 Å². The van der Waals surface area contributed by atoms with E-state index in [2.05, 4.69) is 10.0 Å². The van der Waals surface area contributed by atoms with Gasteiger partial charge in [0.2, 0.25) is 15.9 Å². The third-order valence-electron chi connectivity index (χ3n) is 4.14. The molecule has 7 nitrogen and oxygen atoms in total. The van der Waals surface area contributed by atoms with Crippen LogP contribution in [0.3, 0.4) is 0 Å². The topological polar surface area (TPSA) is 102 Å². The molecule has 0 aromatic heterocycles. The zero-order valence-electron chi connectivity index (χ0n) is 18.0. The van der Waals surface area contributed by atoms with Crippen LogP contribution in [0.5, 0.6) is 0 Å². The zero-order chi connectivity index (χ0) is 22.0. The summed E-state index contributed by atoms with van der Waals surface area (Å²) in [5, 5.41) is 2.68.